The Bertz CT molecular complexity index is 2040. The first-order valence-electron chi connectivity index (χ1n) is 15.4. The van der Waals surface area contributed by atoms with Crippen LogP contribution in [0.4, 0.5) is 4.39 Å². The molecule has 0 aliphatic carbocycles. The normalized spacial score (nSPS) is 17.4. The number of hydrogen-bond donors (Lipinski definition) is 1. The zero-order valence-corrected chi connectivity index (χ0v) is 24.8. The first kappa shape index (κ1) is 27.6. The highest BCUT2D eigenvalue weighted by molar-refractivity contribution is 5.90. The third-order valence-corrected chi connectivity index (χ3v) is 9.56. The van der Waals surface area contributed by atoms with E-state index in [0.717, 1.165) is 89.8 Å². The second-order valence-electron chi connectivity index (χ2n) is 12.4. The number of aromatic nitrogens is 6. The Balaban J connectivity index is 0.893. The van der Waals surface area contributed by atoms with Crippen LogP contribution in [0.3, 0.4) is 0 Å². The van der Waals surface area contributed by atoms with Crippen LogP contribution in [0.25, 0.3) is 44.2 Å². The van der Waals surface area contributed by atoms with Gasteiger partial charge in [0.1, 0.15) is 23.3 Å². The smallest absolute Gasteiger partial charge is 0.141 e. The molecule has 2 saturated heterocycles. The molecule has 2 aliphatic rings. The number of fused-ring (bicyclic) bond motifs is 2. The second-order valence-corrected chi connectivity index (χ2v) is 12.4. The highest BCUT2D eigenvalue weighted by Crippen LogP contribution is 2.37. The summed E-state index contributed by atoms with van der Waals surface area (Å²) >= 11 is 0. The van der Waals surface area contributed by atoms with E-state index in [2.05, 4.69) is 35.8 Å². The number of halogens is 1. The molecule has 10 heteroatoms. The maximum absolute atomic E-state index is 15.3. The van der Waals surface area contributed by atoms with Crippen LogP contribution in [0.1, 0.15) is 24.8 Å². The molecule has 8 rings (SSSR count). The number of nitrogens with zero attached hydrogens (tertiary/aromatic N) is 8. The van der Waals surface area contributed by atoms with Gasteiger partial charge in [-0.25, -0.2) is 14.4 Å². The van der Waals surface area contributed by atoms with Crippen LogP contribution in [-0.4, -0.2) is 71.7 Å². The maximum atomic E-state index is 15.3. The van der Waals surface area contributed by atoms with E-state index < -0.39 is 0 Å². The fourth-order valence-electron chi connectivity index (χ4n) is 7.10. The number of aromatic amines is 1. The largest absolute Gasteiger partial charge is 0.346 e. The Morgan fingerprint density at radius 1 is 0.978 bits per heavy atom. The van der Waals surface area contributed by atoms with Crippen molar-refractivity contribution in [3.05, 3.63) is 97.2 Å². The molecule has 0 radical (unpaired) electrons. The van der Waals surface area contributed by atoms with Crippen molar-refractivity contribution in [3.8, 4) is 28.5 Å². The number of rotatable bonds is 7. The second kappa shape index (κ2) is 11.2. The summed E-state index contributed by atoms with van der Waals surface area (Å²) in [6.45, 7) is 4.25. The van der Waals surface area contributed by atoms with Gasteiger partial charge >= 0.3 is 0 Å². The molecule has 4 aromatic heterocycles. The monoisotopic (exact) mass is 597 g/mol. The molecule has 45 heavy (non-hydrogen) atoms. The fraction of sp³-hybridized carbons (Fsp3) is 0.286. The number of likely N-dealkylation sites (tertiary alicyclic amines) is 2. The third kappa shape index (κ3) is 5.04. The van der Waals surface area contributed by atoms with Gasteiger partial charge in [-0.05, 0) is 66.7 Å². The van der Waals surface area contributed by atoms with E-state index in [1.54, 1.807) is 18.6 Å². The van der Waals surface area contributed by atoms with E-state index in [1.807, 2.05) is 71.9 Å². The summed E-state index contributed by atoms with van der Waals surface area (Å²) in [7, 11) is 0. The number of H-pyrrole nitrogens is 1. The van der Waals surface area contributed by atoms with Crippen molar-refractivity contribution >= 4 is 21.8 Å². The first-order valence-corrected chi connectivity index (χ1v) is 15.4. The van der Waals surface area contributed by atoms with Gasteiger partial charge in [-0.3, -0.25) is 19.5 Å². The lowest BCUT2D eigenvalue weighted by Crippen LogP contribution is -2.66. The molecule has 0 unspecified atom stereocenters. The summed E-state index contributed by atoms with van der Waals surface area (Å²) in [5, 5.41) is 17.5. The molecule has 0 saturated carbocycles. The topological polar surface area (TPSA) is 103 Å². The molecule has 0 bridgehead atoms. The van der Waals surface area contributed by atoms with Crippen LogP contribution in [0, 0.1) is 17.1 Å². The number of nitriles is 1. The van der Waals surface area contributed by atoms with Crippen molar-refractivity contribution < 1.29 is 4.39 Å². The molecule has 224 valence electrons. The summed E-state index contributed by atoms with van der Waals surface area (Å²) in [5.74, 6) is -0.191. The third-order valence-electron chi connectivity index (χ3n) is 9.56. The van der Waals surface area contributed by atoms with Gasteiger partial charge in [-0.2, -0.15) is 10.4 Å². The van der Waals surface area contributed by atoms with Crippen LogP contribution in [-0.2, 0) is 12.1 Å². The molecule has 1 N–H and O–H groups in total. The molecule has 2 fully saturated rings. The SMILES string of the molecule is N#CCC1(n2cc(-c3ncnc4[nH]ccc34)cn2)CN(C2CCN(Cc3ccc(-c4ccc5cnccc5c4)c(F)c3)CC2)C1. The summed E-state index contributed by atoms with van der Waals surface area (Å²) in [6, 6.07) is 18.4. The number of benzene rings is 2. The van der Waals surface area contributed by atoms with E-state index in [-0.39, 0.29) is 11.4 Å². The number of hydrogen-bond acceptors (Lipinski definition) is 7. The summed E-state index contributed by atoms with van der Waals surface area (Å²) in [4.78, 5) is 21.0. The number of piperidine rings is 1. The predicted molar refractivity (Wildman–Crippen MR) is 170 cm³/mol. The van der Waals surface area contributed by atoms with Crippen LogP contribution in [0.5, 0.6) is 0 Å². The lowest BCUT2D eigenvalue weighted by atomic mass is 9.83. The van der Waals surface area contributed by atoms with Crippen molar-refractivity contribution in [2.24, 2.45) is 0 Å². The summed E-state index contributed by atoms with van der Waals surface area (Å²) < 4.78 is 17.2. The Morgan fingerprint density at radius 3 is 2.71 bits per heavy atom. The highest BCUT2D eigenvalue weighted by Gasteiger charge is 2.48. The summed E-state index contributed by atoms with van der Waals surface area (Å²) in [5.41, 5.74) is 4.70. The van der Waals surface area contributed by atoms with Crippen LogP contribution in [0.2, 0.25) is 0 Å². The van der Waals surface area contributed by atoms with Gasteiger partial charge in [0.05, 0.1) is 24.4 Å². The predicted octanol–water partition coefficient (Wildman–Crippen LogP) is 5.76. The molecular formula is C35H32FN9. The van der Waals surface area contributed by atoms with Crippen LogP contribution in [0.15, 0.2) is 85.8 Å². The van der Waals surface area contributed by atoms with Crippen molar-refractivity contribution in [1.82, 2.24) is 39.5 Å². The minimum atomic E-state index is -0.338. The lowest BCUT2D eigenvalue weighted by molar-refractivity contribution is -0.0436. The quantitative estimate of drug-likeness (QED) is 0.249. The average Bonchev–Trinajstić information content (AvgIpc) is 3.74. The van der Waals surface area contributed by atoms with Gasteiger partial charge in [0.25, 0.3) is 0 Å². The Hall–Kier alpha value is -4.98. The van der Waals surface area contributed by atoms with E-state index in [0.29, 0.717) is 18.0 Å². The molecule has 0 amide bonds. The van der Waals surface area contributed by atoms with Gasteiger partial charge in [-0.15, -0.1) is 0 Å². The average molecular weight is 598 g/mol. The zero-order chi connectivity index (χ0) is 30.4. The lowest BCUT2D eigenvalue weighted by Gasteiger charge is -2.53. The fourth-order valence-corrected chi connectivity index (χ4v) is 7.10. The van der Waals surface area contributed by atoms with E-state index >= 15 is 4.39 Å². The maximum Gasteiger partial charge on any atom is 0.141 e. The molecule has 6 heterocycles. The molecule has 6 aromatic rings. The molecule has 2 aliphatic heterocycles. The minimum Gasteiger partial charge on any atom is -0.346 e. The first-order chi connectivity index (χ1) is 22.1. The Kier molecular flexibility index (Phi) is 6.85. The van der Waals surface area contributed by atoms with Crippen molar-refractivity contribution in [3.63, 3.8) is 0 Å². The van der Waals surface area contributed by atoms with Crippen LogP contribution >= 0.6 is 0 Å². The standard InChI is InChI=1S/C35H32FN9/c36-32-15-24(1-4-30(32)26-2-3-27-17-38-11-5-25(27)16-26)19-43-13-7-29(8-14-43)44-21-35(22-44,9-10-37)45-20-28(18-42-45)33-31-6-12-39-34(31)41-23-40-33/h1-6,11-12,15-18,20,23,29H,7-9,13-14,19,21-22H2,(H,39,40,41). The van der Waals surface area contributed by atoms with Gasteiger partial charge in [0, 0.05) is 72.4 Å². The van der Waals surface area contributed by atoms with E-state index in [1.165, 1.54) is 0 Å². The number of pyridine rings is 1. The molecule has 9 nitrogen and oxygen atoms in total. The van der Waals surface area contributed by atoms with Crippen molar-refractivity contribution in [2.75, 3.05) is 26.2 Å². The highest BCUT2D eigenvalue weighted by atomic mass is 19.1. The summed E-state index contributed by atoms with van der Waals surface area (Å²) in [6.07, 6.45) is 13.4. The van der Waals surface area contributed by atoms with Crippen molar-refractivity contribution in [1.29, 1.82) is 5.26 Å². The van der Waals surface area contributed by atoms with Gasteiger partial charge < -0.3 is 4.98 Å². The van der Waals surface area contributed by atoms with E-state index in [4.69, 9.17) is 5.10 Å². The molecule has 2 aromatic carbocycles. The molecule has 0 spiro atoms. The van der Waals surface area contributed by atoms with Gasteiger partial charge in [-0.1, -0.05) is 24.3 Å². The Morgan fingerprint density at radius 2 is 1.87 bits per heavy atom. The Labute approximate surface area is 260 Å². The van der Waals surface area contributed by atoms with Gasteiger partial charge in [0.2, 0.25) is 0 Å². The molecule has 0 atom stereocenters. The van der Waals surface area contributed by atoms with Crippen LogP contribution < -0.4 is 0 Å². The zero-order valence-electron chi connectivity index (χ0n) is 24.8. The minimum absolute atomic E-state index is 0.191. The van der Waals surface area contributed by atoms with Crippen molar-refractivity contribution in [2.45, 2.75) is 37.4 Å². The number of nitrogens with one attached hydrogen (secondary N) is 1. The molecular weight excluding hydrogens is 565 g/mol. The van der Waals surface area contributed by atoms with E-state index in [9.17, 15) is 5.26 Å². The van der Waals surface area contributed by atoms with Gasteiger partial charge in [0.15, 0.2) is 0 Å².